The first-order chi connectivity index (χ1) is 45.4. The van der Waals surface area contributed by atoms with Crippen molar-refractivity contribution in [1.82, 2.24) is 0 Å². The van der Waals surface area contributed by atoms with Gasteiger partial charge >= 0.3 is 0 Å². The van der Waals surface area contributed by atoms with Gasteiger partial charge in [-0.3, -0.25) is 0 Å². The maximum absolute atomic E-state index is 8.99. The van der Waals surface area contributed by atoms with E-state index >= 15 is 0 Å². The molecule has 6 nitrogen and oxygen atoms in total. The monoisotopic (exact) mass is 1320 g/mol. The van der Waals surface area contributed by atoms with Crippen LogP contribution in [0, 0.1) is 126 Å². The highest BCUT2D eigenvalue weighted by Gasteiger charge is 2.81. The van der Waals surface area contributed by atoms with E-state index in [9.17, 15) is 0 Å². The van der Waals surface area contributed by atoms with Crippen molar-refractivity contribution in [2.24, 2.45) is 126 Å². The minimum absolute atomic E-state index is 0.198. The average molecular weight is 1320 g/mol. The molecule has 22 atom stereocenters. The van der Waals surface area contributed by atoms with Crippen molar-refractivity contribution in [3.05, 3.63) is 119 Å². The Bertz CT molecular complexity index is 2610. The molecule has 0 saturated heterocycles. The smallest absolute Gasteiger partial charge is 0.0639 e. The van der Waals surface area contributed by atoms with Crippen molar-refractivity contribution >= 4 is 0 Å². The molecule has 0 aromatic heterocycles. The van der Waals surface area contributed by atoms with Gasteiger partial charge in [-0.15, -0.1) is 0 Å². The van der Waals surface area contributed by atoms with Crippen molar-refractivity contribution in [3.63, 3.8) is 0 Å². The van der Waals surface area contributed by atoms with Gasteiger partial charge in [0.15, 0.2) is 0 Å². The maximum Gasteiger partial charge on any atom is 0.0639 e. The van der Waals surface area contributed by atoms with E-state index in [1.54, 1.807) is 0 Å². The quantitative estimate of drug-likeness (QED) is 0.0536. The van der Waals surface area contributed by atoms with E-state index in [1.165, 1.54) is 164 Å². The third kappa shape index (κ3) is 14.6. The van der Waals surface area contributed by atoms with Gasteiger partial charge in [-0.05, 0) is 347 Å². The second-order valence-corrected chi connectivity index (χ2v) is 37.2. The van der Waals surface area contributed by atoms with Crippen LogP contribution in [0.4, 0.5) is 0 Å². The molecule has 18 unspecified atom stereocenters. The van der Waals surface area contributed by atoms with E-state index in [4.69, 9.17) is 30.6 Å². The van der Waals surface area contributed by atoms with Gasteiger partial charge in [0.25, 0.3) is 0 Å². The molecule has 16 fully saturated rings. The Labute approximate surface area is 588 Å². The summed E-state index contributed by atoms with van der Waals surface area (Å²) in [6.45, 7) is 50.4. The van der Waals surface area contributed by atoms with Crippen molar-refractivity contribution in [2.75, 3.05) is 39.6 Å². The first-order valence-corrected chi connectivity index (χ1v) is 39.7. The molecule has 96 heavy (non-hydrogen) atoms. The molecular formula is C90H144O6. The van der Waals surface area contributed by atoms with Crippen molar-refractivity contribution in [1.29, 1.82) is 0 Å². The molecule has 0 radical (unpaired) electrons. The summed E-state index contributed by atoms with van der Waals surface area (Å²) in [4.78, 5) is 0. The Hall–Kier alpha value is -2.84. The number of aliphatic hydroxyl groups is 6. The van der Waals surface area contributed by atoms with Crippen molar-refractivity contribution in [3.8, 4) is 0 Å². The molecule has 0 aromatic carbocycles. The predicted octanol–water partition coefficient (Wildman–Crippen LogP) is 21.6. The predicted molar refractivity (Wildman–Crippen MR) is 405 cm³/mol. The fraction of sp³-hybridized carbons (Fsp3) is 0.778. The summed E-state index contributed by atoms with van der Waals surface area (Å²) in [7, 11) is 0. The molecule has 16 aliphatic carbocycles. The number of hydrogen-bond donors (Lipinski definition) is 6. The number of aliphatic hydroxyl groups excluding tert-OH is 6. The maximum atomic E-state index is 8.99. The van der Waals surface area contributed by atoms with Crippen LogP contribution in [0.15, 0.2) is 119 Å². The molecule has 16 saturated carbocycles. The van der Waals surface area contributed by atoms with Gasteiger partial charge in [0.1, 0.15) is 0 Å². The number of allylic oxidation sites excluding steroid dienone is 10. The molecule has 16 bridgehead atoms. The molecule has 540 valence electrons. The van der Waals surface area contributed by atoms with Crippen LogP contribution in [0.2, 0.25) is 0 Å². The van der Waals surface area contributed by atoms with Crippen LogP contribution in [0.1, 0.15) is 277 Å². The molecule has 16 aliphatic rings. The zero-order valence-electron chi connectivity index (χ0n) is 64.1. The Kier molecular flexibility index (Phi) is 25.0. The largest absolute Gasteiger partial charge is 0.392 e. The highest BCUT2D eigenvalue weighted by atomic mass is 16.3. The highest BCUT2D eigenvalue weighted by Crippen LogP contribution is 2.88. The van der Waals surface area contributed by atoms with E-state index in [0.717, 1.165) is 155 Å². The summed E-state index contributed by atoms with van der Waals surface area (Å²) in [5, 5.41) is 53.8. The third-order valence-corrected chi connectivity index (χ3v) is 32.9. The Morgan fingerprint density at radius 3 is 0.625 bits per heavy atom. The molecular weight excluding hydrogens is 1180 g/mol. The molecule has 0 aliphatic heterocycles. The molecule has 0 aromatic rings. The minimum Gasteiger partial charge on any atom is -0.392 e. The first-order valence-electron chi connectivity index (χ1n) is 39.7. The van der Waals surface area contributed by atoms with Crippen LogP contribution < -0.4 is 0 Å². The number of rotatable bonds is 24. The topological polar surface area (TPSA) is 121 Å². The van der Waals surface area contributed by atoms with Gasteiger partial charge in [0.05, 0.1) is 39.6 Å². The van der Waals surface area contributed by atoms with Gasteiger partial charge < -0.3 is 30.6 Å². The number of hydrogen-bond acceptors (Lipinski definition) is 6. The Morgan fingerprint density at radius 2 is 0.479 bits per heavy atom. The second kappa shape index (κ2) is 31.0. The molecule has 6 N–H and O–H groups in total. The van der Waals surface area contributed by atoms with Gasteiger partial charge in [-0.25, -0.2) is 0 Å². The summed E-state index contributed by atoms with van der Waals surface area (Å²) in [6.07, 6.45) is 50.2. The summed E-state index contributed by atoms with van der Waals surface area (Å²) in [5.74, 6) is 13.1. The minimum atomic E-state index is 0.198. The first kappa shape index (κ1) is 77.3. The van der Waals surface area contributed by atoms with Crippen LogP contribution in [0.5, 0.6) is 0 Å². The van der Waals surface area contributed by atoms with E-state index in [0.29, 0.717) is 43.3 Å². The lowest BCUT2D eigenvalue weighted by atomic mass is 9.69. The van der Waals surface area contributed by atoms with E-state index in [2.05, 4.69) is 118 Å². The van der Waals surface area contributed by atoms with E-state index < -0.39 is 0 Å². The average Bonchev–Trinajstić information content (AvgIpc) is 1.47. The Balaban J connectivity index is 0.000000135. The fourth-order valence-electron chi connectivity index (χ4n) is 25.0. The third-order valence-electron chi connectivity index (χ3n) is 32.9. The molecule has 16 rings (SSSR count). The molecule has 0 amide bonds. The van der Waals surface area contributed by atoms with Crippen LogP contribution in [-0.4, -0.2) is 70.3 Å². The van der Waals surface area contributed by atoms with Crippen molar-refractivity contribution in [2.45, 2.75) is 277 Å². The van der Waals surface area contributed by atoms with Crippen LogP contribution >= 0.6 is 0 Å². The second-order valence-electron chi connectivity index (χ2n) is 37.2. The summed E-state index contributed by atoms with van der Waals surface area (Å²) >= 11 is 0. The van der Waals surface area contributed by atoms with Gasteiger partial charge in [0.2, 0.25) is 0 Å². The SMILES string of the molecule is C/C(=C/CCC1(C)C2CC3[C@@H](C2)C31C)CO.C/C(=C\CCC1(C)C2CC3[C@@H](C2)C31C)CO.C=C1C2CCC(C2)C1(C)CC/C=C(/C)CO.C=C1C2CCC(C2)C1(C)CC/C=C(\C)CO.C=C1C2CCC(C2)[C@@]1(C)CC/C=C(/C)CO.C=C1C2CCC(C2)[C@@]1(C)CC/C=C(\C)CO. The van der Waals surface area contributed by atoms with E-state index in [1.807, 2.05) is 41.5 Å². The van der Waals surface area contributed by atoms with Crippen LogP contribution in [0.25, 0.3) is 0 Å². The van der Waals surface area contributed by atoms with E-state index in [-0.39, 0.29) is 39.6 Å². The van der Waals surface area contributed by atoms with Gasteiger partial charge in [0, 0.05) is 0 Å². The zero-order chi connectivity index (χ0) is 70.1. The lowest BCUT2D eigenvalue weighted by Crippen LogP contribution is -2.26. The molecule has 0 heterocycles. The van der Waals surface area contributed by atoms with Crippen LogP contribution in [-0.2, 0) is 0 Å². The fourth-order valence-corrected chi connectivity index (χ4v) is 25.0. The molecule has 6 heteroatoms. The lowest BCUT2D eigenvalue weighted by Gasteiger charge is -2.36. The highest BCUT2D eigenvalue weighted by molar-refractivity contribution is 5.32. The normalized spacial score (nSPS) is 43.5. The summed E-state index contributed by atoms with van der Waals surface area (Å²) in [6, 6.07) is 0. The number of fused-ring (bicyclic) bond motifs is 8. The summed E-state index contributed by atoms with van der Waals surface area (Å²) < 4.78 is 0. The van der Waals surface area contributed by atoms with Crippen molar-refractivity contribution < 1.29 is 30.6 Å². The zero-order valence-corrected chi connectivity index (χ0v) is 64.1. The van der Waals surface area contributed by atoms with Gasteiger partial charge in [-0.2, -0.15) is 0 Å². The lowest BCUT2D eigenvalue weighted by molar-refractivity contribution is 0.154. The summed E-state index contributed by atoms with van der Waals surface area (Å²) in [5.41, 5.74) is 16.8. The standard InChI is InChI=1S/6C15H24O/c2*1-10(9-16)5-4-6-14(2)11-7-12-13(8-11)15(12,14)3;4*1-11(10-16)5-4-8-15(3)12(2)13-6-7-14(15)9-13/h2*5,11-13,16H,4,6-9H2,1-3H3;4*5,13-14,16H,2,4,6-10H2,1,3H3/b10-5+;10-5-;2*11-5+;2*11-5-/t2*11?,12-,13?,14?,15?;13?,14?,15-;;13?,14?,15-;/m110.0./s1. The Morgan fingerprint density at radius 1 is 0.292 bits per heavy atom. The van der Waals surface area contributed by atoms with Crippen LogP contribution in [0.3, 0.4) is 0 Å². The molecule has 0 spiro atoms. The van der Waals surface area contributed by atoms with Gasteiger partial charge in [-0.1, -0.05) is 174 Å².